The number of nitrogens with zero attached hydrogens (tertiary/aromatic N) is 2. The average Bonchev–Trinajstić information content (AvgIpc) is 2.99. The summed E-state index contributed by atoms with van der Waals surface area (Å²) in [6.45, 7) is 5.67. The largest absolute Gasteiger partial charge is 0.491 e. The first-order valence-electron chi connectivity index (χ1n) is 8.37. The molecule has 0 spiro atoms. The number of ether oxygens (including phenoxy) is 1. The lowest BCUT2D eigenvalue weighted by Crippen LogP contribution is -2.27. The van der Waals surface area contributed by atoms with Crippen molar-refractivity contribution in [3.63, 3.8) is 0 Å². The highest BCUT2D eigenvalue weighted by molar-refractivity contribution is 6.05. The maximum absolute atomic E-state index is 12.7. The summed E-state index contributed by atoms with van der Waals surface area (Å²) in [5.74, 6) is 0.230. The first kappa shape index (κ1) is 17.7. The Hall–Kier alpha value is -3.09. The predicted octanol–water partition coefficient (Wildman–Crippen LogP) is 2.80. The Bertz CT molecular complexity index is 1000. The molecule has 1 atom stereocenters. The van der Waals surface area contributed by atoms with Gasteiger partial charge in [0.25, 0.3) is 5.91 Å². The third-order valence-electron chi connectivity index (χ3n) is 3.90. The van der Waals surface area contributed by atoms with Gasteiger partial charge >= 0.3 is 5.63 Å². The predicted molar refractivity (Wildman–Crippen MR) is 97.3 cm³/mol. The highest BCUT2D eigenvalue weighted by Gasteiger charge is 2.17. The molecule has 0 radical (unpaired) electrons. The number of benzene rings is 1. The van der Waals surface area contributed by atoms with Crippen LogP contribution in [0.3, 0.4) is 0 Å². The van der Waals surface area contributed by atoms with E-state index in [9.17, 15) is 9.59 Å². The molecule has 136 valence electrons. The molecule has 2 aromatic heterocycles. The second-order valence-corrected chi connectivity index (χ2v) is 6.45. The molecule has 0 bridgehead atoms. The molecule has 1 aromatic carbocycles. The van der Waals surface area contributed by atoms with Crippen molar-refractivity contribution in [3.8, 4) is 5.75 Å². The van der Waals surface area contributed by atoms with Crippen LogP contribution < -0.4 is 15.7 Å². The zero-order valence-corrected chi connectivity index (χ0v) is 15.1. The molecule has 3 aromatic rings. The minimum atomic E-state index is -0.585. The standard InChI is InChI=1S/C19H21N3O4/c1-11(2)25-14-5-6-15-16(8-18(23)26-17(15)7-14)19(24)21-12(3)13-9-20-22(4)10-13/h5-12H,1-4H3,(H,21,24). The average molecular weight is 355 g/mol. The lowest BCUT2D eigenvalue weighted by atomic mass is 10.1. The van der Waals surface area contributed by atoms with Gasteiger partial charge < -0.3 is 14.5 Å². The Kier molecular flexibility index (Phi) is 4.79. The van der Waals surface area contributed by atoms with Crippen LogP contribution in [0.1, 0.15) is 42.7 Å². The molecule has 2 heterocycles. The lowest BCUT2D eigenvalue weighted by Gasteiger charge is -2.14. The number of aromatic nitrogens is 2. The van der Waals surface area contributed by atoms with E-state index in [2.05, 4.69) is 10.4 Å². The van der Waals surface area contributed by atoms with Gasteiger partial charge in [-0.15, -0.1) is 0 Å². The van der Waals surface area contributed by atoms with E-state index < -0.39 is 5.63 Å². The van der Waals surface area contributed by atoms with Gasteiger partial charge in [0.2, 0.25) is 0 Å². The number of fused-ring (bicyclic) bond motifs is 1. The number of rotatable bonds is 5. The second-order valence-electron chi connectivity index (χ2n) is 6.45. The van der Waals surface area contributed by atoms with E-state index in [0.717, 1.165) is 5.56 Å². The van der Waals surface area contributed by atoms with Gasteiger partial charge in [-0.1, -0.05) is 0 Å². The van der Waals surface area contributed by atoms with Gasteiger partial charge in [0, 0.05) is 36.3 Å². The number of carbonyl (C=O) groups is 1. The summed E-state index contributed by atoms with van der Waals surface area (Å²) in [5.41, 5.74) is 0.872. The Labute approximate surface area is 150 Å². The van der Waals surface area contributed by atoms with E-state index >= 15 is 0 Å². The van der Waals surface area contributed by atoms with Crippen molar-refractivity contribution in [1.82, 2.24) is 15.1 Å². The monoisotopic (exact) mass is 355 g/mol. The van der Waals surface area contributed by atoms with Gasteiger partial charge in [-0.25, -0.2) is 4.79 Å². The van der Waals surface area contributed by atoms with Gasteiger partial charge in [-0.05, 0) is 32.9 Å². The molecule has 7 nitrogen and oxygen atoms in total. The number of amides is 1. The fourth-order valence-electron chi connectivity index (χ4n) is 2.70. The zero-order chi connectivity index (χ0) is 18.8. The summed E-state index contributed by atoms with van der Waals surface area (Å²) in [6.07, 6.45) is 3.52. The van der Waals surface area contributed by atoms with E-state index in [4.69, 9.17) is 9.15 Å². The van der Waals surface area contributed by atoms with E-state index in [0.29, 0.717) is 16.7 Å². The molecule has 0 aliphatic heterocycles. The SMILES string of the molecule is CC(C)Oc1ccc2c(C(=O)NC(C)c3cnn(C)c3)cc(=O)oc2c1. The van der Waals surface area contributed by atoms with Crippen molar-refractivity contribution in [2.75, 3.05) is 0 Å². The maximum atomic E-state index is 12.7. The number of carbonyl (C=O) groups excluding carboxylic acids is 1. The number of nitrogens with one attached hydrogen (secondary N) is 1. The second kappa shape index (κ2) is 7.03. The first-order valence-corrected chi connectivity index (χ1v) is 8.37. The van der Waals surface area contributed by atoms with Crippen LogP contribution in [-0.4, -0.2) is 21.8 Å². The van der Waals surface area contributed by atoms with Crippen molar-refractivity contribution < 1.29 is 13.9 Å². The topological polar surface area (TPSA) is 86.4 Å². The quantitative estimate of drug-likeness (QED) is 0.711. The van der Waals surface area contributed by atoms with E-state index in [1.165, 1.54) is 6.07 Å². The van der Waals surface area contributed by atoms with E-state index in [1.54, 1.807) is 29.1 Å². The van der Waals surface area contributed by atoms with Crippen molar-refractivity contribution in [1.29, 1.82) is 0 Å². The van der Waals surface area contributed by atoms with E-state index in [-0.39, 0.29) is 23.6 Å². The number of hydrogen-bond donors (Lipinski definition) is 1. The normalized spacial score (nSPS) is 12.3. The van der Waals surface area contributed by atoms with Crippen LogP contribution in [0.15, 0.2) is 45.9 Å². The summed E-state index contributed by atoms with van der Waals surface area (Å²) >= 11 is 0. The zero-order valence-electron chi connectivity index (χ0n) is 15.1. The molecule has 1 amide bonds. The molecular formula is C19H21N3O4. The maximum Gasteiger partial charge on any atom is 0.337 e. The lowest BCUT2D eigenvalue weighted by molar-refractivity contribution is 0.0941. The molecular weight excluding hydrogens is 334 g/mol. The molecule has 0 saturated heterocycles. The van der Waals surface area contributed by atoms with Crippen molar-refractivity contribution >= 4 is 16.9 Å². The van der Waals surface area contributed by atoms with Crippen molar-refractivity contribution in [3.05, 3.63) is 58.2 Å². The number of hydrogen-bond acceptors (Lipinski definition) is 5. The van der Waals surface area contributed by atoms with E-state index in [1.807, 2.05) is 34.0 Å². The number of aryl methyl sites for hydroxylation is 1. The van der Waals surface area contributed by atoms with Crippen LogP contribution in [0.25, 0.3) is 11.0 Å². The molecule has 0 fully saturated rings. The van der Waals surface area contributed by atoms with Crippen LogP contribution in [0.4, 0.5) is 0 Å². The van der Waals surface area contributed by atoms with Crippen molar-refractivity contribution in [2.45, 2.75) is 32.9 Å². The highest BCUT2D eigenvalue weighted by atomic mass is 16.5. The fourth-order valence-corrected chi connectivity index (χ4v) is 2.70. The summed E-state index contributed by atoms with van der Waals surface area (Å²) in [4.78, 5) is 24.6. The Morgan fingerprint density at radius 1 is 1.27 bits per heavy atom. The highest BCUT2D eigenvalue weighted by Crippen LogP contribution is 2.24. The first-order chi connectivity index (χ1) is 12.3. The summed E-state index contributed by atoms with van der Waals surface area (Å²) < 4.78 is 12.5. The third-order valence-corrected chi connectivity index (χ3v) is 3.90. The van der Waals surface area contributed by atoms with Gasteiger partial charge in [-0.3, -0.25) is 9.48 Å². The Balaban J connectivity index is 1.93. The molecule has 1 N–H and O–H groups in total. The Morgan fingerprint density at radius 3 is 2.69 bits per heavy atom. The van der Waals surface area contributed by atoms with Crippen molar-refractivity contribution in [2.24, 2.45) is 7.05 Å². The molecule has 7 heteroatoms. The molecule has 26 heavy (non-hydrogen) atoms. The van der Waals surface area contributed by atoms with Gasteiger partial charge in [0.05, 0.1) is 23.9 Å². The van der Waals surface area contributed by atoms with Gasteiger partial charge in [-0.2, -0.15) is 5.10 Å². The van der Waals surface area contributed by atoms with Crippen LogP contribution >= 0.6 is 0 Å². The van der Waals surface area contributed by atoms with Gasteiger partial charge in [0.15, 0.2) is 0 Å². The van der Waals surface area contributed by atoms with Crippen LogP contribution in [-0.2, 0) is 7.05 Å². The van der Waals surface area contributed by atoms with Crippen LogP contribution in [0.5, 0.6) is 5.75 Å². The summed E-state index contributed by atoms with van der Waals surface area (Å²) in [6, 6.07) is 6.06. The molecule has 3 rings (SSSR count). The fraction of sp³-hybridized carbons (Fsp3) is 0.316. The summed E-state index contributed by atoms with van der Waals surface area (Å²) in [7, 11) is 1.81. The Morgan fingerprint density at radius 2 is 2.04 bits per heavy atom. The molecule has 0 aliphatic rings. The molecule has 0 saturated carbocycles. The minimum Gasteiger partial charge on any atom is -0.491 e. The summed E-state index contributed by atoms with van der Waals surface area (Å²) in [5, 5.41) is 7.54. The third kappa shape index (κ3) is 3.77. The minimum absolute atomic E-state index is 0.00835. The molecule has 1 unspecified atom stereocenters. The van der Waals surface area contributed by atoms with Crippen LogP contribution in [0, 0.1) is 0 Å². The smallest absolute Gasteiger partial charge is 0.337 e. The van der Waals surface area contributed by atoms with Gasteiger partial charge in [0.1, 0.15) is 11.3 Å². The van der Waals surface area contributed by atoms with Crippen LogP contribution in [0.2, 0.25) is 0 Å². The molecule has 0 aliphatic carbocycles.